The Hall–Kier alpha value is -3.98. The summed E-state index contributed by atoms with van der Waals surface area (Å²) in [5, 5.41) is 0.427. The Labute approximate surface area is 291 Å². The van der Waals surface area contributed by atoms with Crippen LogP contribution in [0.15, 0.2) is 53.4 Å². The molecule has 3 aliphatic rings. The fourth-order valence-corrected chi connectivity index (χ4v) is 8.46. The van der Waals surface area contributed by atoms with Gasteiger partial charge < -0.3 is 28.4 Å². The third kappa shape index (κ3) is 6.38. The Kier molecular flexibility index (Phi) is 8.65. The number of epoxide rings is 1. The van der Waals surface area contributed by atoms with E-state index in [9.17, 15) is 22.8 Å². The summed E-state index contributed by atoms with van der Waals surface area (Å²) in [6, 6.07) is 11.5. The molecule has 270 valence electrons. The molecule has 0 radical (unpaired) electrons. The molecule has 3 fully saturated rings. The highest BCUT2D eigenvalue weighted by molar-refractivity contribution is 7.89. The molecule has 2 aliphatic heterocycles. The normalized spacial score (nSPS) is 25.7. The Morgan fingerprint density at radius 1 is 0.840 bits per heavy atom. The van der Waals surface area contributed by atoms with Crippen molar-refractivity contribution >= 4 is 39.1 Å². The molecule has 2 saturated heterocycles. The third-order valence-electron chi connectivity index (χ3n) is 8.73. The number of aryl methyl sites for hydroxylation is 1. The van der Waals surface area contributed by atoms with Gasteiger partial charge in [0.1, 0.15) is 35.2 Å². The SMILES string of the molecule is COC(=O)c1c([C@H]2[C@H]3O[C@H]3[C@H]3OC(C)(C)O[C@H]3[C@@H]2N(C(=O)OC(C)(C)C)S(=O)(=O)c2ccc(C)cc2)c2ccccc2n1C(=O)OC(C)(C)C. The Balaban J connectivity index is 1.67. The summed E-state index contributed by atoms with van der Waals surface area (Å²) in [6.07, 6.45) is -5.22. The fraction of sp³-hybridized carbons (Fsp3) is 0.528. The summed E-state index contributed by atoms with van der Waals surface area (Å²) >= 11 is 0. The van der Waals surface area contributed by atoms with Gasteiger partial charge in [0.25, 0.3) is 10.0 Å². The summed E-state index contributed by atoms with van der Waals surface area (Å²) in [5.74, 6) is -3.15. The van der Waals surface area contributed by atoms with Crippen LogP contribution in [0.2, 0.25) is 0 Å². The largest absolute Gasteiger partial charge is 0.464 e. The van der Waals surface area contributed by atoms with Gasteiger partial charge in [-0.15, -0.1) is 0 Å². The molecule has 1 saturated carbocycles. The monoisotopic (exact) mass is 712 g/mol. The molecule has 14 heteroatoms. The van der Waals surface area contributed by atoms with Crippen LogP contribution in [0.1, 0.15) is 82.9 Å². The number of para-hydroxylation sites is 1. The van der Waals surface area contributed by atoms with Crippen molar-refractivity contribution < 1.29 is 51.2 Å². The first kappa shape index (κ1) is 35.8. The number of amides is 1. The number of benzene rings is 2. The molecule has 13 nitrogen and oxygen atoms in total. The molecule has 0 spiro atoms. The lowest BCUT2D eigenvalue weighted by atomic mass is 9.76. The Morgan fingerprint density at radius 3 is 2.04 bits per heavy atom. The van der Waals surface area contributed by atoms with E-state index < -0.39 is 81.5 Å². The summed E-state index contributed by atoms with van der Waals surface area (Å²) in [4.78, 5) is 42.0. The maximum absolute atomic E-state index is 14.8. The molecule has 0 unspecified atom stereocenters. The predicted molar refractivity (Wildman–Crippen MR) is 180 cm³/mol. The zero-order valence-electron chi connectivity index (χ0n) is 29.9. The number of esters is 1. The molecule has 1 aliphatic carbocycles. The van der Waals surface area contributed by atoms with Gasteiger partial charge >= 0.3 is 18.2 Å². The molecule has 0 N–H and O–H groups in total. The maximum Gasteiger partial charge on any atom is 0.424 e. The minimum atomic E-state index is -4.68. The zero-order chi connectivity index (χ0) is 36.7. The fourth-order valence-electron chi connectivity index (χ4n) is 6.95. The smallest absolute Gasteiger partial charge is 0.424 e. The average molecular weight is 713 g/mol. The van der Waals surface area contributed by atoms with Crippen LogP contribution < -0.4 is 0 Å². The van der Waals surface area contributed by atoms with Gasteiger partial charge in [0.15, 0.2) is 5.79 Å². The average Bonchev–Trinajstić information content (AvgIpc) is 3.61. The summed E-state index contributed by atoms with van der Waals surface area (Å²) in [5.41, 5.74) is -0.876. The van der Waals surface area contributed by atoms with E-state index in [2.05, 4.69) is 0 Å². The number of sulfonamides is 1. The van der Waals surface area contributed by atoms with E-state index in [1.165, 1.54) is 19.2 Å². The van der Waals surface area contributed by atoms with Gasteiger partial charge in [-0.05, 0) is 80.5 Å². The van der Waals surface area contributed by atoms with E-state index in [4.69, 9.17) is 28.4 Å². The number of methoxy groups -OCH3 is 1. The van der Waals surface area contributed by atoms with Gasteiger partial charge in [0.05, 0.1) is 29.7 Å². The minimum absolute atomic E-state index is 0.161. The second-order valence-electron chi connectivity index (χ2n) is 15.3. The lowest BCUT2D eigenvalue weighted by Gasteiger charge is -2.42. The second kappa shape index (κ2) is 12.1. The predicted octanol–water partition coefficient (Wildman–Crippen LogP) is 5.90. The standard InChI is InChI=1S/C36H44N2O11S/c1-19-15-17-20(18-16-19)50(42,43)38(33(41)49-35(5,6)7)25-24(27-29(45-27)30-28(25)46-36(8,9)47-30)23-21-13-11-12-14-22(21)37(26(23)31(39)44-10)32(40)48-34(2,3)4/h11-18,24-25,27-30H,1-10H3/t24-,25-,27-,28+,29-,30+/m1/s1. The summed E-state index contributed by atoms with van der Waals surface area (Å²) in [7, 11) is -3.50. The van der Waals surface area contributed by atoms with Gasteiger partial charge in [0, 0.05) is 16.9 Å². The van der Waals surface area contributed by atoms with E-state index in [0.29, 0.717) is 15.2 Å². The zero-order valence-corrected chi connectivity index (χ0v) is 30.7. The van der Waals surface area contributed by atoms with Crippen molar-refractivity contribution in [3.63, 3.8) is 0 Å². The van der Waals surface area contributed by atoms with Crippen molar-refractivity contribution in [1.82, 2.24) is 8.87 Å². The second-order valence-corrected chi connectivity index (χ2v) is 17.1. The number of nitrogens with zero attached hydrogens (tertiary/aromatic N) is 2. The molecule has 50 heavy (non-hydrogen) atoms. The van der Waals surface area contributed by atoms with Gasteiger partial charge in [0.2, 0.25) is 0 Å². The molecule has 6 atom stereocenters. The molecule has 6 rings (SSSR count). The molecule has 1 amide bonds. The van der Waals surface area contributed by atoms with E-state index in [1.54, 1.807) is 91.8 Å². The number of rotatable bonds is 5. The van der Waals surface area contributed by atoms with Crippen LogP contribution in [0.4, 0.5) is 9.59 Å². The number of ether oxygens (including phenoxy) is 6. The topological polar surface area (TPSA) is 152 Å². The Morgan fingerprint density at radius 2 is 1.44 bits per heavy atom. The first-order chi connectivity index (χ1) is 23.1. The van der Waals surface area contributed by atoms with Gasteiger partial charge in [-0.1, -0.05) is 35.9 Å². The van der Waals surface area contributed by atoms with Gasteiger partial charge in [-0.2, -0.15) is 4.31 Å². The molecule has 3 aromatic rings. The first-order valence-corrected chi connectivity index (χ1v) is 17.9. The third-order valence-corrected chi connectivity index (χ3v) is 10.5. The maximum atomic E-state index is 14.8. The van der Waals surface area contributed by atoms with Gasteiger partial charge in [-0.3, -0.25) is 0 Å². The van der Waals surface area contributed by atoms with Crippen molar-refractivity contribution in [2.45, 2.75) is 121 Å². The van der Waals surface area contributed by atoms with Gasteiger partial charge in [-0.25, -0.2) is 27.4 Å². The number of carbonyl (C=O) groups is 3. The number of hydrogen-bond acceptors (Lipinski definition) is 11. The van der Waals surface area contributed by atoms with E-state index in [0.717, 1.165) is 10.1 Å². The van der Waals surface area contributed by atoms with Crippen LogP contribution in [0, 0.1) is 6.92 Å². The highest BCUT2D eigenvalue weighted by Gasteiger charge is 2.70. The highest BCUT2D eigenvalue weighted by Crippen LogP contribution is 2.56. The number of carbonyl (C=O) groups excluding carboxylic acids is 3. The van der Waals surface area contributed by atoms with Crippen molar-refractivity contribution in [3.8, 4) is 0 Å². The molecule has 1 aromatic heterocycles. The summed E-state index contributed by atoms with van der Waals surface area (Å²) in [6.45, 7) is 15.2. The molecular formula is C36H44N2O11S. The molecular weight excluding hydrogens is 668 g/mol. The van der Waals surface area contributed by atoms with Crippen LogP contribution >= 0.6 is 0 Å². The van der Waals surface area contributed by atoms with Crippen LogP contribution in [0.25, 0.3) is 10.9 Å². The summed E-state index contributed by atoms with van der Waals surface area (Å²) < 4.78 is 67.3. The number of fused-ring (bicyclic) bond motifs is 4. The molecule has 0 bridgehead atoms. The van der Waals surface area contributed by atoms with Crippen LogP contribution in [0.3, 0.4) is 0 Å². The first-order valence-electron chi connectivity index (χ1n) is 16.5. The number of aromatic nitrogens is 1. The van der Waals surface area contributed by atoms with Crippen molar-refractivity contribution in [2.75, 3.05) is 7.11 Å². The number of hydrogen-bond donors (Lipinski definition) is 0. The molecule has 2 aromatic carbocycles. The van der Waals surface area contributed by atoms with Crippen LogP contribution in [-0.4, -0.2) is 90.0 Å². The molecule has 3 heterocycles. The lowest BCUT2D eigenvalue weighted by molar-refractivity contribution is -0.151. The quantitative estimate of drug-likeness (QED) is 0.177. The van der Waals surface area contributed by atoms with Crippen molar-refractivity contribution in [3.05, 3.63) is 65.4 Å². The highest BCUT2D eigenvalue weighted by atomic mass is 32.2. The van der Waals surface area contributed by atoms with E-state index in [1.807, 2.05) is 6.92 Å². The van der Waals surface area contributed by atoms with Crippen LogP contribution in [0.5, 0.6) is 0 Å². The van der Waals surface area contributed by atoms with Crippen molar-refractivity contribution in [2.24, 2.45) is 0 Å². The minimum Gasteiger partial charge on any atom is -0.464 e. The van der Waals surface area contributed by atoms with E-state index in [-0.39, 0.29) is 16.2 Å². The van der Waals surface area contributed by atoms with Crippen LogP contribution in [-0.2, 0) is 38.4 Å². The Bertz CT molecular complexity index is 1950. The lowest BCUT2D eigenvalue weighted by Crippen LogP contribution is -2.60. The van der Waals surface area contributed by atoms with E-state index >= 15 is 0 Å². The van der Waals surface area contributed by atoms with Crippen molar-refractivity contribution in [1.29, 1.82) is 0 Å².